The van der Waals surface area contributed by atoms with Crippen molar-refractivity contribution in [2.24, 2.45) is 0 Å². The summed E-state index contributed by atoms with van der Waals surface area (Å²) in [4.78, 5) is 6.53. The van der Waals surface area contributed by atoms with Crippen LogP contribution in [0.2, 0.25) is 0 Å². The van der Waals surface area contributed by atoms with Crippen LogP contribution in [0.5, 0.6) is 0 Å². The predicted molar refractivity (Wildman–Crippen MR) is 78.4 cm³/mol. The molecule has 0 aliphatic rings. The largest absolute Gasteiger partial charge is 0.673 e. The molecule has 1 heterocycles. The summed E-state index contributed by atoms with van der Waals surface area (Å²) in [5.74, 6) is 0. The van der Waals surface area contributed by atoms with Gasteiger partial charge in [-0.25, -0.2) is 9.97 Å². The van der Waals surface area contributed by atoms with Gasteiger partial charge in [0.1, 0.15) is 0 Å². The van der Waals surface area contributed by atoms with Crippen LogP contribution in [0.1, 0.15) is 0 Å². The van der Waals surface area contributed by atoms with E-state index < -0.39 is 7.25 Å². The summed E-state index contributed by atoms with van der Waals surface area (Å²) in [7, 11) is -6.00. The van der Waals surface area contributed by atoms with E-state index in [9.17, 15) is 17.3 Å². The number of H-pyrrole nitrogens is 2. The van der Waals surface area contributed by atoms with Gasteiger partial charge in [0, 0.05) is 11.1 Å². The Morgan fingerprint density at radius 1 is 0.727 bits per heavy atom. The number of halogens is 4. The Morgan fingerprint density at radius 3 is 1.68 bits per heavy atom. The van der Waals surface area contributed by atoms with Crippen molar-refractivity contribution in [2.75, 3.05) is 0 Å². The maximum Gasteiger partial charge on any atom is 0.673 e. The molecule has 1 aromatic heterocycles. The molecule has 2 nitrogen and oxygen atoms in total. The van der Waals surface area contributed by atoms with Gasteiger partial charge in [-0.15, -0.1) is 0 Å². The molecule has 0 bridgehead atoms. The number of aromatic amines is 2. The van der Waals surface area contributed by atoms with Gasteiger partial charge in [0.2, 0.25) is 6.33 Å². The normalized spacial score (nSPS) is 10.7. The summed E-state index contributed by atoms with van der Waals surface area (Å²) in [5.41, 5.74) is 4.62. The van der Waals surface area contributed by atoms with Crippen LogP contribution in [0.3, 0.4) is 0 Å². The van der Waals surface area contributed by atoms with Crippen LogP contribution in [-0.4, -0.2) is 12.2 Å². The summed E-state index contributed by atoms with van der Waals surface area (Å²) >= 11 is 0. The van der Waals surface area contributed by atoms with E-state index >= 15 is 0 Å². The van der Waals surface area contributed by atoms with E-state index in [-0.39, 0.29) is 0 Å². The van der Waals surface area contributed by atoms with E-state index in [1.54, 1.807) is 0 Å². The molecule has 7 heteroatoms. The number of nitrogens with one attached hydrogen (secondary N) is 2. The van der Waals surface area contributed by atoms with Crippen molar-refractivity contribution in [3.8, 4) is 22.5 Å². The Hall–Kier alpha value is -2.57. The third-order valence-corrected chi connectivity index (χ3v) is 2.81. The minimum atomic E-state index is -6.00. The third kappa shape index (κ3) is 4.77. The van der Waals surface area contributed by atoms with Crippen LogP contribution in [0.15, 0.2) is 67.0 Å². The average Bonchev–Trinajstić information content (AvgIpc) is 2.97. The van der Waals surface area contributed by atoms with Crippen molar-refractivity contribution in [1.29, 1.82) is 0 Å². The lowest BCUT2D eigenvalue weighted by Crippen LogP contribution is -2.02. The van der Waals surface area contributed by atoms with Crippen molar-refractivity contribution in [3.05, 3.63) is 67.0 Å². The molecule has 2 aromatic carbocycles. The first-order valence-corrected chi connectivity index (χ1v) is 6.52. The Kier molecular flexibility index (Phi) is 4.98. The molecule has 3 aromatic rings. The monoisotopic (exact) mass is 308 g/mol. The van der Waals surface area contributed by atoms with Crippen LogP contribution in [0.4, 0.5) is 17.3 Å². The number of hydrogen-bond donors (Lipinski definition) is 1. The first-order valence-electron chi connectivity index (χ1n) is 6.52. The Labute approximate surface area is 124 Å². The number of rotatable bonds is 2. The topological polar surface area (TPSA) is 29.9 Å². The predicted octanol–water partition coefficient (Wildman–Crippen LogP) is 4.46. The number of imidazole rings is 1. The fourth-order valence-electron chi connectivity index (χ4n) is 1.99. The fraction of sp³-hybridized carbons (Fsp3) is 0. The van der Waals surface area contributed by atoms with Gasteiger partial charge >= 0.3 is 7.25 Å². The zero-order valence-electron chi connectivity index (χ0n) is 11.4. The zero-order valence-corrected chi connectivity index (χ0v) is 11.4. The molecule has 3 rings (SSSR count). The molecule has 0 aliphatic carbocycles. The molecule has 114 valence electrons. The Morgan fingerprint density at radius 2 is 1.18 bits per heavy atom. The first kappa shape index (κ1) is 15.8. The molecule has 2 N–H and O–H groups in total. The second kappa shape index (κ2) is 6.93. The molecule has 0 aliphatic heterocycles. The summed E-state index contributed by atoms with van der Waals surface area (Å²) in [5, 5.41) is 0. The van der Waals surface area contributed by atoms with Gasteiger partial charge in [0.15, 0.2) is 11.4 Å². The van der Waals surface area contributed by atoms with Crippen LogP contribution in [-0.2, 0) is 0 Å². The molecule has 0 unspecified atom stereocenters. The minimum Gasteiger partial charge on any atom is -0.418 e. The lowest BCUT2D eigenvalue weighted by molar-refractivity contribution is -0.362. The highest BCUT2D eigenvalue weighted by molar-refractivity contribution is 6.50. The average molecular weight is 308 g/mol. The lowest BCUT2D eigenvalue weighted by Gasteiger charge is -1.98. The molecule has 0 fully saturated rings. The first-order chi connectivity index (χ1) is 10.4. The number of aromatic nitrogens is 2. The number of benzene rings is 2. The standard InChI is InChI=1S/C15H12N2.BF4/c1-3-7-12(8-4-1)14-15(17-11-16-14)13-9-5-2-6-10-13;2-1(3,4)5/h1-11H,(H,16,17);/q;-1/p+1. The summed E-state index contributed by atoms with van der Waals surface area (Å²) in [6.45, 7) is 0. The molecule has 0 amide bonds. The van der Waals surface area contributed by atoms with Crippen molar-refractivity contribution in [1.82, 2.24) is 4.98 Å². The molecule has 0 spiro atoms. The molecular weight excluding hydrogens is 295 g/mol. The van der Waals surface area contributed by atoms with E-state index in [4.69, 9.17) is 0 Å². The zero-order chi connectivity index (χ0) is 16.0. The molecule has 0 radical (unpaired) electrons. The Balaban J connectivity index is 0.000000309. The van der Waals surface area contributed by atoms with E-state index in [1.165, 1.54) is 11.1 Å². The summed E-state index contributed by atoms with van der Waals surface area (Å²) < 4.78 is 39.0. The fourth-order valence-corrected chi connectivity index (χ4v) is 1.99. The molecule has 22 heavy (non-hydrogen) atoms. The Bertz CT molecular complexity index is 636. The van der Waals surface area contributed by atoms with E-state index in [1.807, 2.05) is 42.7 Å². The maximum absolute atomic E-state index is 9.75. The van der Waals surface area contributed by atoms with Crippen molar-refractivity contribution >= 4 is 7.25 Å². The van der Waals surface area contributed by atoms with Crippen LogP contribution >= 0.6 is 0 Å². The van der Waals surface area contributed by atoms with Gasteiger partial charge in [0.05, 0.1) is 0 Å². The van der Waals surface area contributed by atoms with Crippen molar-refractivity contribution in [3.63, 3.8) is 0 Å². The second-order valence-corrected chi connectivity index (χ2v) is 4.41. The van der Waals surface area contributed by atoms with Gasteiger partial charge in [-0.2, -0.15) is 0 Å². The molecule has 0 saturated heterocycles. The van der Waals surface area contributed by atoms with Crippen LogP contribution < -0.4 is 4.98 Å². The highest BCUT2D eigenvalue weighted by Gasteiger charge is 2.20. The van der Waals surface area contributed by atoms with Gasteiger partial charge in [0.25, 0.3) is 0 Å². The van der Waals surface area contributed by atoms with E-state index in [0.717, 1.165) is 11.4 Å². The van der Waals surface area contributed by atoms with Crippen LogP contribution in [0.25, 0.3) is 22.5 Å². The third-order valence-electron chi connectivity index (χ3n) is 2.81. The summed E-state index contributed by atoms with van der Waals surface area (Å²) in [6, 6.07) is 20.7. The van der Waals surface area contributed by atoms with Gasteiger partial charge in [-0.3, -0.25) is 0 Å². The van der Waals surface area contributed by atoms with Gasteiger partial charge < -0.3 is 17.3 Å². The molecular formula is C15H13BF4N2. The molecule has 0 atom stereocenters. The van der Waals surface area contributed by atoms with Gasteiger partial charge in [-0.1, -0.05) is 60.7 Å². The lowest BCUT2D eigenvalue weighted by atomic mass is 10.1. The minimum absolute atomic E-state index is 1.12. The summed E-state index contributed by atoms with van der Waals surface area (Å²) in [6.07, 6.45) is 1.87. The quantitative estimate of drug-likeness (QED) is 0.535. The van der Waals surface area contributed by atoms with Crippen molar-refractivity contribution in [2.45, 2.75) is 0 Å². The van der Waals surface area contributed by atoms with Crippen molar-refractivity contribution < 1.29 is 22.2 Å². The van der Waals surface area contributed by atoms with E-state index in [0.29, 0.717) is 0 Å². The van der Waals surface area contributed by atoms with Gasteiger partial charge in [-0.05, 0) is 0 Å². The smallest absolute Gasteiger partial charge is 0.418 e. The van der Waals surface area contributed by atoms with E-state index in [2.05, 4.69) is 34.2 Å². The highest BCUT2D eigenvalue weighted by Crippen LogP contribution is 2.26. The molecule has 0 saturated carbocycles. The second-order valence-electron chi connectivity index (χ2n) is 4.41. The van der Waals surface area contributed by atoms with Crippen LogP contribution in [0, 0.1) is 0 Å². The SMILES string of the molecule is F[B-](F)(F)F.c1ccc(-c2[nH]c[nH+]c2-c2ccccc2)cc1. The maximum atomic E-state index is 9.75. The number of hydrogen-bond acceptors (Lipinski definition) is 0. The highest BCUT2D eigenvalue weighted by atomic mass is 19.5.